The summed E-state index contributed by atoms with van der Waals surface area (Å²) in [6.45, 7) is 11.6. The summed E-state index contributed by atoms with van der Waals surface area (Å²) in [5, 5.41) is 0. The van der Waals surface area contributed by atoms with Gasteiger partial charge >= 0.3 is 0 Å². The summed E-state index contributed by atoms with van der Waals surface area (Å²) in [5.74, 6) is 0. The van der Waals surface area contributed by atoms with Crippen molar-refractivity contribution in [3.63, 3.8) is 0 Å². The van der Waals surface area contributed by atoms with Gasteiger partial charge in [-0.25, -0.2) is 0 Å². The van der Waals surface area contributed by atoms with Gasteiger partial charge in [0.15, 0.2) is 0 Å². The molecule has 0 saturated carbocycles. The van der Waals surface area contributed by atoms with Gasteiger partial charge in [-0.1, -0.05) is 40.7 Å². The minimum atomic E-state index is 0.269. The van der Waals surface area contributed by atoms with Crippen LogP contribution in [0.3, 0.4) is 0 Å². The minimum Gasteiger partial charge on any atom is -0.398 e. The van der Waals surface area contributed by atoms with Crippen molar-refractivity contribution in [2.24, 2.45) is 0 Å². The lowest BCUT2D eigenvalue weighted by Crippen LogP contribution is -2.34. The summed E-state index contributed by atoms with van der Waals surface area (Å²) in [4.78, 5) is 0. The molecule has 0 amide bonds. The molecule has 1 aliphatic rings. The van der Waals surface area contributed by atoms with Crippen LogP contribution in [0.1, 0.15) is 64.2 Å². The second-order valence-corrected chi connectivity index (χ2v) is 6.72. The molecule has 0 atom stereocenters. The molecule has 0 radical (unpaired) electrons. The van der Waals surface area contributed by atoms with Gasteiger partial charge in [0.25, 0.3) is 0 Å². The van der Waals surface area contributed by atoms with Crippen LogP contribution in [-0.4, -0.2) is 0 Å². The Balaban J connectivity index is 2.68. The molecule has 2 rings (SSSR count). The molecule has 0 unspecified atom stereocenters. The number of hydrogen-bond donors (Lipinski definition) is 1. The first kappa shape index (κ1) is 12.5. The van der Waals surface area contributed by atoms with Gasteiger partial charge in [-0.15, -0.1) is 0 Å². The van der Waals surface area contributed by atoms with E-state index in [0.717, 1.165) is 12.1 Å². The van der Waals surface area contributed by atoms with Crippen molar-refractivity contribution >= 4 is 5.69 Å². The van der Waals surface area contributed by atoms with E-state index in [1.807, 2.05) is 0 Å². The number of aryl methyl sites for hydroxylation is 1. The number of nitrogen functional groups attached to an aromatic ring is 1. The van der Waals surface area contributed by atoms with Gasteiger partial charge in [0.2, 0.25) is 0 Å². The first-order chi connectivity index (χ1) is 7.78. The quantitative estimate of drug-likeness (QED) is 0.721. The Labute approximate surface area is 105 Å². The smallest absolute Gasteiger partial charge is 0.0349 e. The van der Waals surface area contributed by atoms with E-state index < -0.39 is 0 Å². The van der Waals surface area contributed by atoms with E-state index in [-0.39, 0.29) is 5.41 Å². The van der Waals surface area contributed by atoms with Crippen LogP contribution in [0.25, 0.3) is 0 Å². The van der Waals surface area contributed by atoms with E-state index in [1.54, 1.807) is 0 Å². The molecule has 1 heteroatoms. The van der Waals surface area contributed by atoms with Gasteiger partial charge in [0, 0.05) is 5.69 Å². The molecule has 0 aromatic heterocycles. The lowest BCUT2D eigenvalue weighted by molar-refractivity contribution is 0.332. The Morgan fingerprint density at radius 3 is 1.94 bits per heavy atom. The number of nitrogens with two attached hydrogens (primary N) is 1. The third-order valence-electron chi connectivity index (χ3n) is 4.49. The number of fused-ring (bicyclic) bond motifs is 1. The van der Waals surface area contributed by atoms with Crippen molar-refractivity contribution in [2.45, 2.75) is 64.7 Å². The molecule has 0 fully saturated rings. The Morgan fingerprint density at radius 1 is 1.00 bits per heavy atom. The van der Waals surface area contributed by atoms with Crippen LogP contribution in [0.4, 0.5) is 5.69 Å². The van der Waals surface area contributed by atoms with Crippen LogP contribution < -0.4 is 5.73 Å². The van der Waals surface area contributed by atoms with Gasteiger partial charge in [-0.2, -0.15) is 0 Å². The average Bonchev–Trinajstić information content (AvgIpc) is 2.24. The van der Waals surface area contributed by atoms with Crippen molar-refractivity contribution in [3.8, 4) is 0 Å². The van der Waals surface area contributed by atoms with E-state index in [0.29, 0.717) is 5.41 Å². The van der Waals surface area contributed by atoms with E-state index in [4.69, 9.17) is 5.73 Å². The van der Waals surface area contributed by atoms with Crippen LogP contribution in [0.15, 0.2) is 12.1 Å². The van der Waals surface area contributed by atoms with E-state index in [9.17, 15) is 0 Å². The molecule has 0 heterocycles. The molecular weight excluding hydrogens is 206 g/mol. The van der Waals surface area contributed by atoms with Crippen LogP contribution in [0.5, 0.6) is 0 Å². The standard InChI is InChI=1S/C16H25N/c1-6-11-9-12-13(10-14(11)17)16(4,5)8-7-15(12,2)3/h9-10H,6-8,17H2,1-5H3. The summed E-state index contributed by atoms with van der Waals surface area (Å²) < 4.78 is 0. The van der Waals surface area contributed by atoms with Crippen LogP contribution >= 0.6 is 0 Å². The number of anilines is 1. The first-order valence-corrected chi connectivity index (χ1v) is 6.71. The molecular formula is C16H25N. The summed E-state index contributed by atoms with van der Waals surface area (Å²) in [7, 11) is 0. The molecule has 17 heavy (non-hydrogen) atoms. The second-order valence-electron chi connectivity index (χ2n) is 6.72. The molecule has 0 spiro atoms. The van der Waals surface area contributed by atoms with E-state index >= 15 is 0 Å². The van der Waals surface area contributed by atoms with Crippen LogP contribution in [0.2, 0.25) is 0 Å². The molecule has 0 aliphatic heterocycles. The van der Waals surface area contributed by atoms with Gasteiger partial charge in [0.05, 0.1) is 0 Å². The summed E-state index contributed by atoms with van der Waals surface area (Å²) in [6.07, 6.45) is 3.54. The predicted molar refractivity (Wildman–Crippen MR) is 75.5 cm³/mol. The zero-order chi connectivity index (χ0) is 12.8. The lowest BCUT2D eigenvalue weighted by atomic mass is 9.63. The Bertz CT molecular complexity index is 441. The van der Waals surface area contributed by atoms with Gasteiger partial charge in [0.1, 0.15) is 0 Å². The fourth-order valence-electron chi connectivity index (χ4n) is 2.98. The van der Waals surface area contributed by atoms with Gasteiger partial charge in [-0.05, 0) is 52.8 Å². The number of benzene rings is 1. The molecule has 1 nitrogen and oxygen atoms in total. The zero-order valence-corrected chi connectivity index (χ0v) is 11.9. The summed E-state index contributed by atoms with van der Waals surface area (Å²) >= 11 is 0. The minimum absolute atomic E-state index is 0.269. The molecule has 1 aromatic carbocycles. The summed E-state index contributed by atoms with van der Waals surface area (Å²) in [6, 6.07) is 4.58. The molecule has 1 aromatic rings. The first-order valence-electron chi connectivity index (χ1n) is 6.71. The molecule has 2 N–H and O–H groups in total. The van der Waals surface area contributed by atoms with Crippen LogP contribution in [-0.2, 0) is 17.3 Å². The maximum absolute atomic E-state index is 6.16. The van der Waals surface area contributed by atoms with Crippen molar-refractivity contribution in [2.75, 3.05) is 5.73 Å². The molecule has 1 aliphatic carbocycles. The fraction of sp³-hybridized carbons (Fsp3) is 0.625. The second kappa shape index (κ2) is 3.76. The van der Waals surface area contributed by atoms with Crippen molar-refractivity contribution in [1.29, 1.82) is 0 Å². The van der Waals surface area contributed by atoms with Crippen molar-refractivity contribution < 1.29 is 0 Å². The highest BCUT2D eigenvalue weighted by Gasteiger charge is 2.37. The predicted octanol–water partition coefficient (Wildman–Crippen LogP) is 4.18. The SMILES string of the molecule is CCc1cc2c(cc1N)C(C)(C)CCC2(C)C. The molecule has 0 saturated heterocycles. The van der Waals surface area contributed by atoms with Crippen LogP contribution in [0, 0.1) is 0 Å². The molecule has 0 bridgehead atoms. The highest BCUT2D eigenvalue weighted by Crippen LogP contribution is 2.46. The topological polar surface area (TPSA) is 26.0 Å². The van der Waals surface area contributed by atoms with Crippen molar-refractivity contribution in [3.05, 3.63) is 28.8 Å². The zero-order valence-electron chi connectivity index (χ0n) is 11.9. The van der Waals surface area contributed by atoms with Gasteiger partial charge in [-0.3, -0.25) is 0 Å². The largest absolute Gasteiger partial charge is 0.398 e. The lowest BCUT2D eigenvalue weighted by Gasteiger charge is -2.42. The highest BCUT2D eigenvalue weighted by molar-refractivity contribution is 5.56. The summed E-state index contributed by atoms with van der Waals surface area (Å²) in [5.41, 5.74) is 12.0. The maximum atomic E-state index is 6.16. The number of rotatable bonds is 1. The maximum Gasteiger partial charge on any atom is 0.0349 e. The van der Waals surface area contributed by atoms with Gasteiger partial charge < -0.3 is 5.73 Å². The average molecular weight is 231 g/mol. The monoisotopic (exact) mass is 231 g/mol. The third kappa shape index (κ3) is 1.96. The third-order valence-corrected chi connectivity index (χ3v) is 4.49. The highest BCUT2D eigenvalue weighted by atomic mass is 14.6. The fourth-order valence-corrected chi connectivity index (χ4v) is 2.98. The Hall–Kier alpha value is -0.980. The normalized spacial score (nSPS) is 21.0. The van der Waals surface area contributed by atoms with E-state index in [1.165, 1.54) is 29.5 Å². The Morgan fingerprint density at radius 2 is 1.47 bits per heavy atom. The Kier molecular flexibility index (Phi) is 2.76. The number of hydrogen-bond acceptors (Lipinski definition) is 1. The molecule has 94 valence electrons. The van der Waals surface area contributed by atoms with E-state index in [2.05, 4.69) is 46.8 Å². The van der Waals surface area contributed by atoms with Crippen molar-refractivity contribution in [1.82, 2.24) is 0 Å².